The van der Waals surface area contributed by atoms with Crippen molar-refractivity contribution in [2.75, 3.05) is 13.2 Å². The van der Waals surface area contributed by atoms with Crippen LogP contribution in [0, 0.1) is 0 Å². The van der Waals surface area contributed by atoms with E-state index in [1.165, 1.54) is 11.1 Å². The molecule has 1 heterocycles. The van der Waals surface area contributed by atoms with E-state index in [4.69, 9.17) is 21.1 Å². The molecule has 0 aliphatic carbocycles. The van der Waals surface area contributed by atoms with Gasteiger partial charge in [0.2, 0.25) is 0 Å². The summed E-state index contributed by atoms with van der Waals surface area (Å²) in [6, 6.07) is 14.3. The van der Waals surface area contributed by atoms with Gasteiger partial charge in [0, 0.05) is 17.0 Å². The minimum Gasteiger partial charge on any atom is -0.486 e. The molecule has 21 heavy (non-hydrogen) atoms. The quantitative estimate of drug-likeness (QED) is 0.943. The van der Waals surface area contributed by atoms with Crippen molar-refractivity contribution in [1.29, 1.82) is 0 Å². The maximum absolute atomic E-state index is 6.19. The molecule has 0 aromatic heterocycles. The average molecular weight is 305 g/mol. The molecule has 1 aliphatic heterocycles. The summed E-state index contributed by atoms with van der Waals surface area (Å²) >= 11 is 6.19. The van der Waals surface area contributed by atoms with Crippen LogP contribution in [0.5, 0.6) is 11.5 Å². The number of hydrogen-bond acceptors (Lipinski definition) is 2. The maximum Gasteiger partial charge on any atom is 0.161 e. The van der Waals surface area contributed by atoms with Crippen molar-refractivity contribution in [2.45, 2.75) is 18.9 Å². The number of fused-ring (bicyclic) bond motifs is 1. The number of ether oxygens (including phenoxy) is 2. The lowest BCUT2D eigenvalue weighted by atomic mass is 9.99. The lowest BCUT2D eigenvalue weighted by Gasteiger charge is -2.19. The normalized spacial score (nSPS) is 14.8. The molecule has 3 rings (SSSR count). The van der Waals surface area contributed by atoms with Gasteiger partial charge < -0.3 is 15.2 Å². The van der Waals surface area contributed by atoms with Gasteiger partial charge in [-0.05, 0) is 36.2 Å². The highest BCUT2D eigenvalue weighted by molar-refractivity contribution is 6.31. The Labute approximate surface area is 129 Å². The van der Waals surface area contributed by atoms with E-state index in [2.05, 4.69) is 17.9 Å². The van der Waals surface area contributed by atoms with Crippen LogP contribution in [0.2, 0.25) is 5.02 Å². The van der Waals surface area contributed by atoms with Crippen molar-refractivity contribution in [3.63, 3.8) is 0 Å². The Hall–Kier alpha value is -1.71. The molecular formula is C17H19ClNO2+. The van der Waals surface area contributed by atoms with Crippen LogP contribution in [0.25, 0.3) is 0 Å². The van der Waals surface area contributed by atoms with Crippen molar-refractivity contribution in [3.8, 4) is 11.5 Å². The first-order chi connectivity index (χ1) is 10.2. The fourth-order valence-electron chi connectivity index (χ4n) is 2.51. The summed E-state index contributed by atoms with van der Waals surface area (Å²) < 4.78 is 11.2. The fourth-order valence-corrected chi connectivity index (χ4v) is 2.74. The average Bonchev–Trinajstić information content (AvgIpc) is 2.53. The summed E-state index contributed by atoms with van der Waals surface area (Å²) in [5.41, 5.74) is 6.61. The summed E-state index contributed by atoms with van der Waals surface area (Å²) in [6.45, 7) is 1.23. The molecule has 0 unspecified atom stereocenters. The lowest BCUT2D eigenvalue weighted by molar-refractivity contribution is -0.427. The van der Waals surface area contributed by atoms with Gasteiger partial charge in [0.1, 0.15) is 19.3 Å². The summed E-state index contributed by atoms with van der Waals surface area (Å²) in [5, 5.41) is 0.826. The molecular weight excluding hydrogens is 286 g/mol. The number of quaternary nitrogens is 1. The van der Waals surface area contributed by atoms with Gasteiger partial charge >= 0.3 is 0 Å². The van der Waals surface area contributed by atoms with Crippen LogP contribution in [-0.4, -0.2) is 13.2 Å². The molecule has 3 nitrogen and oxygen atoms in total. The van der Waals surface area contributed by atoms with E-state index in [0.29, 0.717) is 13.2 Å². The Morgan fingerprint density at radius 2 is 1.81 bits per heavy atom. The molecule has 0 bridgehead atoms. The van der Waals surface area contributed by atoms with Crippen LogP contribution in [0.15, 0.2) is 42.5 Å². The molecule has 2 aromatic carbocycles. The standard InChI is InChI=1S/C17H18ClNO2/c18-14-4-2-1-3-12(14)5-7-15(19)13-6-8-16-17(11-13)21-10-9-20-16/h1-4,6,8,11,15H,5,7,9-10,19H2/p+1/t15-/m1/s1. The molecule has 0 radical (unpaired) electrons. The topological polar surface area (TPSA) is 46.1 Å². The van der Waals surface area contributed by atoms with Gasteiger partial charge in [0.05, 0.1) is 0 Å². The Morgan fingerprint density at radius 3 is 2.62 bits per heavy atom. The van der Waals surface area contributed by atoms with Crippen LogP contribution in [-0.2, 0) is 6.42 Å². The molecule has 0 spiro atoms. The van der Waals surface area contributed by atoms with Gasteiger partial charge in [-0.3, -0.25) is 0 Å². The highest BCUT2D eigenvalue weighted by Crippen LogP contribution is 2.32. The minimum atomic E-state index is 0.206. The smallest absolute Gasteiger partial charge is 0.161 e. The molecule has 2 aromatic rings. The number of rotatable bonds is 4. The van der Waals surface area contributed by atoms with Crippen LogP contribution in [0.1, 0.15) is 23.6 Å². The summed E-state index contributed by atoms with van der Waals surface area (Å²) in [7, 11) is 0. The van der Waals surface area contributed by atoms with Gasteiger partial charge in [0.15, 0.2) is 11.5 Å². The molecule has 110 valence electrons. The van der Waals surface area contributed by atoms with Crippen molar-refractivity contribution >= 4 is 11.6 Å². The Morgan fingerprint density at radius 1 is 1.05 bits per heavy atom. The second kappa shape index (κ2) is 6.37. The van der Waals surface area contributed by atoms with Crippen molar-refractivity contribution in [1.82, 2.24) is 0 Å². The van der Waals surface area contributed by atoms with Crippen LogP contribution >= 0.6 is 11.6 Å². The molecule has 0 fully saturated rings. The largest absolute Gasteiger partial charge is 0.486 e. The molecule has 0 saturated carbocycles. The van der Waals surface area contributed by atoms with Crippen molar-refractivity contribution in [2.24, 2.45) is 0 Å². The zero-order chi connectivity index (χ0) is 14.7. The van der Waals surface area contributed by atoms with E-state index in [1.807, 2.05) is 30.3 Å². The third-order valence-electron chi connectivity index (χ3n) is 3.76. The van der Waals surface area contributed by atoms with E-state index in [9.17, 15) is 0 Å². The van der Waals surface area contributed by atoms with Crippen LogP contribution in [0.3, 0.4) is 0 Å². The monoisotopic (exact) mass is 304 g/mol. The number of aryl methyl sites for hydroxylation is 1. The molecule has 0 saturated heterocycles. The number of hydrogen-bond donors (Lipinski definition) is 1. The maximum atomic E-state index is 6.19. The van der Waals surface area contributed by atoms with Gasteiger partial charge in [0.25, 0.3) is 0 Å². The highest BCUT2D eigenvalue weighted by atomic mass is 35.5. The van der Waals surface area contributed by atoms with E-state index in [0.717, 1.165) is 29.4 Å². The lowest BCUT2D eigenvalue weighted by Crippen LogP contribution is -2.53. The molecule has 4 heteroatoms. The van der Waals surface area contributed by atoms with Crippen molar-refractivity contribution in [3.05, 3.63) is 58.6 Å². The second-order valence-corrected chi connectivity index (χ2v) is 5.64. The summed E-state index contributed by atoms with van der Waals surface area (Å²) in [4.78, 5) is 0. The Balaban J connectivity index is 1.68. The summed E-state index contributed by atoms with van der Waals surface area (Å²) in [6.07, 6.45) is 1.87. The van der Waals surface area contributed by atoms with Gasteiger partial charge in [-0.2, -0.15) is 0 Å². The van der Waals surface area contributed by atoms with Gasteiger partial charge in [-0.25, -0.2) is 0 Å². The predicted octanol–water partition coefficient (Wildman–Crippen LogP) is 3.03. The Bertz CT molecular complexity index is 630. The predicted molar refractivity (Wildman–Crippen MR) is 82.8 cm³/mol. The molecule has 3 N–H and O–H groups in total. The third-order valence-corrected chi connectivity index (χ3v) is 4.13. The second-order valence-electron chi connectivity index (χ2n) is 5.23. The summed E-state index contributed by atoms with van der Waals surface area (Å²) in [5.74, 6) is 1.65. The van der Waals surface area contributed by atoms with E-state index in [1.54, 1.807) is 0 Å². The van der Waals surface area contributed by atoms with Crippen molar-refractivity contribution < 1.29 is 15.2 Å². The SMILES string of the molecule is [NH3+][C@H](CCc1ccccc1Cl)c1ccc2c(c1)OCCO2. The number of benzene rings is 2. The first-order valence-electron chi connectivity index (χ1n) is 7.20. The zero-order valence-electron chi connectivity index (χ0n) is 11.8. The van der Waals surface area contributed by atoms with E-state index >= 15 is 0 Å². The zero-order valence-corrected chi connectivity index (χ0v) is 12.6. The Kier molecular flexibility index (Phi) is 4.32. The van der Waals surface area contributed by atoms with E-state index in [-0.39, 0.29) is 6.04 Å². The molecule has 0 amide bonds. The van der Waals surface area contributed by atoms with Gasteiger partial charge in [-0.1, -0.05) is 29.8 Å². The first-order valence-corrected chi connectivity index (χ1v) is 7.58. The minimum absolute atomic E-state index is 0.206. The first kappa shape index (κ1) is 14.2. The van der Waals surface area contributed by atoms with Crippen LogP contribution < -0.4 is 15.2 Å². The fraction of sp³-hybridized carbons (Fsp3) is 0.294. The van der Waals surface area contributed by atoms with E-state index < -0.39 is 0 Å². The third kappa shape index (κ3) is 3.31. The van der Waals surface area contributed by atoms with Crippen LogP contribution in [0.4, 0.5) is 0 Å². The molecule has 1 atom stereocenters. The molecule has 1 aliphatic rings. The van der Waals surface area contributed by atoms with Gasteiger partial charge in [-0.15, -0.1) is 0 Å². The highest BCUT2D eigenvalue weighted by Gasteiger charge is 2.16. The number of halogens is 1.